The second kappa shape index (κ2) is 9.04. The van der Waals surface area contributed by atoms with Crippen molar-refractivity contribution in [1.29, 1.82) is 0 Å². The monoisotopic (exact) mass is 548 g/mol. The number of rotatable bonds is 4. The first-order valence-electron chi connectivity index (χ1n) is 12.2. The van der Waals surface area contributed by atoms with Gasteiger partial charge in [0.1, 0.15) is 6.04 Å². The van der Waals surface area contributed by atoms with E-state index in [2.05, 4.69) is 5.32 Å². The Kier molecular flexibility index (Phi) is 5.71. The molecule has 9 nitrogen and oxygen atoms in total. The van der Waals surface area contributed by atoms with E-state index < -0.39 is 64.0 Å². The highest BCUT2D eigenvalue weighted by Gasteiger charge is 2.65. The van der Waals surface area contributed by atoms with E-state index in [-0.39, 0.29) is 11.4 Å². The van der Waals surface area contributed by atoms with Crippen LogP contribution in [0.3, 0.4) is 0 Å². The van der Waals surface area contributed by atoms with Gasteiger partial charge in [-0.15, -0.1) is 0 Å². The molecule has 2 saturated heterocycles. The molecule has 4 atom stereocenters. The molecule has 3 heterocycles. The zero-order chi connectivity index (χ0) is 28.3. The summed E-state index contributed by atoms with van der Waals surface area (Å²) < 4.78 is 41.5. The quantitative estimate of drug-likeness (QED) is 0.289. The molecule has 0 aromatic heterocycles. The second-order valence-corrected chi connectivity index (χ2v) is 9.63. The number of para-hydroxylation sites is 2. The average molecular weight is 548 g/mol. The Hall–Kier alpha value is -5.00. The van der Waals surface area contributed by atoms with Crippen molar-refractivity contribution in [3.8, 4) is 0 Å². The average Bonchev–Trinajstić information content (AvgIpc) is 3.41. The normalized spacial score (nSPS) is 23.1. The van der Waals surface area contributed by atoms with Crippen molar-refractivity contribution >= 4 is 46.5 Å². The van der Waals surface area contributed by atoms with Crippen LogP contribution >= 0.6 is 0 Å². The number of carbonyl (C=O) groups excluding carboxylic acids is 3. The maximum Gasteiger partial charge on any atom is 0.418 e. The van der Waals surface area contributed by atoms with Gasteiger partial charge in [0, 0.05) is 23.5 Å². The molecule has 3 aromatic carbocycles. The summed E-state index contributed by atoms with van der Waals surface area (Å²) in [5.74, 6) is -4.81. The number of halogens is 3. The van der Waals surface area contributed by atoms with Crippen LogP contribution in [0, 0.1) is 22.0 Å². The summed E-state index contributed by atoms with van der Waals surface area (Å²) in [6.45, 7) is 0. The minimum absolute atomic E-state index is 0.190. The van der Waals surface area contributed by atoms with Gasteiger partial charge in [-0.3, -0.25) is 24.5 Å². The third-order valence-electron chi connectivity index (χ3n) is 7.48. The van der Waals surface area contributed by atoms with Gasteiger partial charge in [-0.05, 0) is 35.9 Å². The summed E-state index contributed by atoms with van der Waals surface area (Å²) in [7, 11) is 0. The Bertz CT molecular complexity index is 1600. The van der Waals surface area contributed by atoms with E-state index in [0.29, 0.717) is 10.6 Å². The fourth-order valence-corrected chi connectivity index (χ4v) is 5.84. The summed E-state index contributed by atoms with van der Waals surface area (Å²) in [4.78, 5) is 54.0. The molecule has 0 saturated carbocycles. The molecule has 3 aromatic rings. The number of nitrogens with one attached hydrogen (secondary N) is 1. The van der Waals surface area contributed by atoms with Gasteiger partial charge in [-0.1, -0.05) is 42.5 Å². The summed E-state index contributed by atoms with van der Waals surface area (Å²) >= 11 is 0. The maximum atomic E-state index is 13.9. The van der Waals surface area contributed by atoms with Gasteiger partial charge in [0.2, 0.25) is 17.7 Å². The molecule has 3 aliphatic rings. The Morgan fingerprint density at radius 2 is 1.50 bits per heavy atom. The lowest BCUT2D eigenvalue weighted by Crippen LogP contribution is -2.50. The molecular formula is C28H19F3N4O5. The molecule has 0 aliphatic carbocycles. The molecule has 3 amide bonds. The Labute approximate surface area is 224 Å². The number of nitro benzene ring substituents is 1. The Morgan fingerprint density at radius 1 is 0.875 bits per heavy atom. The topological polar surface area (TPSA) is 113 Å². The standard InChI is InChI=1S/C28H19F3N4O5/c29-28(30,31)18-6-2-4-8-20(18)34-26(37)22-21-14-9-15-5-1-3-7-19(15)33(21)24(23(22)27(34)38)25(36)32-16-10-12-17(13-11-16)35(39)40/h1-14,21-24H,(H,32,36). The summed E-state index contributed by atoms with van der Waals surface area (Å²) in [5.41, 5.74) is -0.357. The van der Waals surface area contributed by atoms with E-state index in [1.165, 1.54) is 36.4 Å². The van der Waals surface area contributed by atoms with Crippen LogP contribution in [0.5, 0.6) is 0 Å². The number of amides is 3. The van der Waals surface area contributed by atoms with Crippen LogP contribution in [0.1, 0.15) is 11.1 Å². The number of fused-ring (bicyclic) bond motifs is 5. The highest BCUT2D eigenvalue weighted by molar-refractivity contribution is 6.25. The van der Waals surface area contributed by atoms with Crippen molar-refractivity contribution in [3.63, 3.8) is 0 Å². The molecule has 202 valence electrons. The summed E-state index contributed by atoms with van der Waals surface area (Å²) in [5, 5.41) is 13.7. The largest absolute Gasteiger partial charge is 0.418 e. The van der Waals surface area contributed by atoms with E-state index in [0.717, 1.165) is 17.7 Å². The molecule has 12 heteroatoms. The van der Waals surface area contributed by atoms with Crippen LogP contribution < -0.4 is 15.1 Å². The first kappa shape index (κ1) is 25.3. The molecule has 4 unspecified atom stereocenters. The molecular weight excluding hydrogens is 529 g/mol. The van der Waals surface area contributed by atoms with Gasteiger partial charge in [-0.2, -0.15) is 13.2 Å². The van der Waals surface area contributed by atoms with Gasteiger partial charge in [0.25, 0.3) is 5.69 Å². The maximum absolute atomic E-state index is 13.9. The van der Waals surface area contributed by atoms with E-state index >= 15 is 0 Å². The van der Waals surface area contributed by atoms with E-state index in [1.54, 1.807) is 41.3 Å². The van der Waals surface area contributed by atoms with Crippen molar-refractivity contribution in [1.82, 2.24) is 0 Å². The van der Waals surface area contributed by atoms with E-state index in [9.17, 15) is 37.7 Å². The predicted octanol–water partition coefficient (Wildman–Crippen LogP) is 4.64. The summed E-state index contributed by atoms with van der Waals surface area (Å²) in [6, 6.07) is 14.5. The fraction of sp³-hybridized carbons (Fsp3) is 0.179. The minimum atomic E-state index is -4.82. The molecule has 0 radical (unpaired) electrons. The number of anilines is 3. The number of alkyl halides is 3. The SMILES string of the molecule is O=C(Nc1ccc([N+](=O)[O-])cc1)C1C2C(=O)N(c3ccccc3C(F)(F)F)C(=O)C2C2C=Cc3ccccc3N21. The highest BCUT2D eigenvalue weighted by Crippen LogP contribution is 2.50. The van der Waals surface area contributed by atoms with Gasteiger partial charge in [0.15, 0.2) is 0 Å². The van der Waals surface area contributed by atoms with Crippen molar-refractivity contribution in [3.05, 3.63) is 100 Å². The number of benzene rings is 3. The molecule has 2 fully saturated rings. The number of hydrogen-bond donors (Lipinski definition) is 1. The van der Waals surface area contributed by atoms with E-state index in [4.69, 9.17) is 0 Å². The lowest BCUT2D eigenvalue weighted by molar-refractivity contribution is -0.384. The van der Waals surface area contributed by atoms with Crippen molar-refractivity contribution in [2.24, 2.45) is 11.8 Å². The Morgan fingerprint density at radius 3 is 2.17 bits per heavy atom. The van der Waals surface area contributed by atoms with Crippen LogP contribution in [0.15, 0.2) is 78.9 Å². The molecule has 0 bridgehead atoms. The van der Waals surface area contributed by atoms with E-state index in [1.807, 2.05) is 0 Å². The van der Waals surface area contributed by atoms with Gasteiger partial charge in [0.05, 0.1) is 34.1 Å². The van der Waals surface area contributed by atoms with Crippen molar-refractivity contribution in [2.75, 3.05) is 15.1 Å². The minimum Gasteiger partial charge on any atom is -0.351 e. The molecule has 3 aliphatic heterocycles. The third kappa shape index (κ3) is 3.82. The molecule has 6 rings (SSSR count). The van der Waals surface area contributed by atoms with Crippen LogP contribution in [0.4, 0.5) is 35.9 Å². The van der Waals surface area contributed by atoms with Gasteiger partial charge in [-0.25, -0.2) is 4.90 Å². The fourth-order valence-electron chi connectivity index (χ4n) is 5.84. The molecule has 40 heavy (non-hydrogen) atoms. The lowest BCUT2D eigenvalue weighted by Gasteiger charge is -2.36. The smallest absolute Gasteiger partial charge is 0.351 e. The van der Waals surface area contributed by atoms with Gasteiger partial charge >= 0.3 is 6.18 Å². The number of nitro groups is 1. The van der Waals surface area contributed by atoms with Crippen LogP contribution in [-0.4, -0.2) is 34.7 Å². The predicted molar refractivity (Wildman–Crippen MR) is 138 cm³/mol. The first-order chi connectivity index (χ1) is 19.1. The highest BCUT2D eigenvalue weighted by atomic mass is 19.4. The number of hydrogen-bond acceptors (Lipinski definition) is 6. The van der Waals surface area contributed by atoms with Crippen LogP contribution in [-0.2, 0) is 20.6 Å². The van der Waals surface area contributed by atoms with Crippen LogP contribution in [0.2, 0.25) is 0 Å². The lowest BCUT2D eigenvalue weighted by atomic mass is 9.88. The second-order valence-electron chi connectivity index (χ2n) is 9.63. The molecule has 0 spiro atoms. The zero-order valence-corrected chi connectivity index (χ0v) is 20.4. The number of non-ortho nitro benzene ring substituents is 1. The van der Waals surface area contributed by atoms with Gasteiger partial charge < -0.3 is 10.2 Å². The van der Waals surface area contributed by atoms with Crippen molar-refractivity contribution < 1.29 is 32.5 Å². The third-order valence-corrected chi connectivity index (χ3v) is 7.48. The zero-order valence-electron chi connectivity index (χ0n) is 20.4. The number of nitrogens with zero attached hydrogens (tertiary/aromatic N) is 3. The Balaban J connectivity index is 1.43. The first-order valence-corrected chi connectivity index (χ1v) is 12.2. The summed E-state index contributed by atoms with van der Waals surface area (Å²) in [6.07, 6.45) is -1.38. The van der Waals surface area contributed by atoms with Crippen LogP contribution in [0.25, 0.3) is 6.08 Å². The number of carbonyl (C=O) groups is 3. The number of imide groups is 1. The van der Waals surface area contributed by atoms with Crippen molar-refractivity contribution in [2.45, 2.75) is 18.3 Å². The molecule has 1 N–H and O–H groups in total.